The van der Waals surface area contributed by atoms with Crippen LogP contribution in [0.1, 0.15) is 0 Å². The van der Waals surface area contributed by atoms with Crippen molar-refractivity contribution in [2.45, 2.75) is 0 Å². The van der Waals surface area contributed by atoms with E-state index in [9.17, 15) is 0 Å². The normalized spacial score (nSPS) is 11.3. The summed E-state index contributed by atoms with van der Waals surface area (Å²) in [6.07, 6.45) is 0. The second-order valence-corrected chi connectivity index (χ2v) is 8.96. The van der Waals surface area contributed by atoms with Crippen LogP contribution in [0.3, 0.4) is 0 Å². The Morgan fingerprint density at radius 1 is 0.333 bits per heavy atom. The van der Waals surface area contributed by atoms with Gasteiger partial charge in [0.1, 0.15) is 0 Å². The van der Waals surface area contributed by atoms with Gasteiger partial charge in [0.15, 0.2) is 0 Å². The molecule has 0 heterocycles. The predicted molar refractivity (Wildman–Crippen MR) is 120 cm³/mol. The Bertz CT molecular complexity index is 1170. The van der Waals surface area contributed by atoms with Crippen LogP contribution >= 0.6 is 7.92 Å². The Hall–Kier alpha value is -2.95. The summed E-state index contributed by atoms with van der Waals surface area (Å²) in [7, 11) is -0.562. The van der Waals surface area contributed by atoms with E-state index in [1.165, 1.54) is 37.5 Å². The van der Waals surface area contributed by atoms with E-state index in [1.54, 1.807) is 0 Å². The largest absolute Gasteiger partial charge is 0.0622 e. The van der Waals surface area contributed by atoms with Crippen molar-refractivity contribution in [3.05, 3.63) is 115 Å². The van der Waals surface area contributed by atoms with E-state index in [0.717, 1.165) is 0 Å². The summed E-state index contributed by atoms with van der Waals surface area (Å²) in [5.74, 6) is 0. The number of hydrogen-bond acceptors (Lipinski definition) is 0. The Balaban J connectivity index is 1.71. The average molecular weight is 362 g/mol. The molecule has 0 bridgehead atoms. The van der Waals surface area contributed by atoms with Crippen molar-refractivity contribution in [2.75, 3.05) is 0 Å². The fourth-order valence-corrected chi connectivity index (χ4v) is 5.99. The van der Waals surface area contributed by atoms with E-state index in [0.29, 0.717) is 0 Å². The van der Waals surface area contributed by atoms with Gasteiger partial charge in [0.2, 0.25) is 0 Å². The van der Waals surface area contributed by atoms with Gasteiger partial charge in [-0.25, -0.2) is 0 Å². The first-order valence-electron chi connectivity index (χ1n) is 9.21. The van der Waals surface area contributed by atoms with E-state index in [2.05, 4.69) is 115 Å². The van der Waals surface area contributed by atoms with E-state index < -0.39 is 7.92 Å². The van der Waals surface area contributed by atoms with E-state index in [-0.39, 0.29) is 0 Å². The lowest BCUT2D eigenvalue weighted by Gasteiger charge is -2.20. The molecule has 0 spiro atoms. The molecule has 5 aromatic carbocycles. The molecule has 0 atom stereocenters. The fraction of sp³-hybridized carbons (Fsp3) is 0. The van der Waals surface area contributed by atoms with Crippen LogP contribution in [0.5, 0.6) is 0 Å². The van der Waals surface area contributed by atoms with Gasteiger partial charge in [-0.1, -0.05) is 97.1 Å². The molecule has 0 fully saturated rings. The minimum absolute atomic E-state index is 0.562. The molecule has 0 saturated carbocycles. The first kappa shape index (κ1) is 16.2. The molecule has 0 aliphatic heterocycles. The molecule has 0 aliphatic carbocycles. The SMILES string of the molecule is c1ccc(P(c2ccccc2)c2ccc3cc4ccccc4cc3c2)cc1. The first-order valence-corrected chi connectivity index (χ1v) is 10.6. The molecule has 0 aromatic heterocycles. The van der Waals surface area contributed by atoms with Gasteiger partial charge in [0, 0.05) is 0 Å². The third-order valence-electron chi connectivity index (χ3n) is 4.98. The highest BCUT2D eigenvalue weighted by Gasteiger charge is 2.16. The van der Waals surface area contributed by atoms with Gasteiger partial charge in [-0.3, -0.25) is 0 Å². The van der Waals surface area contributed by atoms with Crippen molar-refractivity contribution < 1.29 is 0 Å². The van der Waals surface area contributed by atoms with Gasteiger partial charge in [-0.2, -0.15) is 0 Å². The van der Waals surface area contributed by atoms with E-state index in [4.69, 9.17) is 0 Å². The lowest BCUT2D eigenvalue weighted by molar-refractivity contribution is 1.75. The van der Waals surface area contributed by atoms with Crippen molar-refractivity contribution in [3.63, 3.8) is 0 Å². The number of rotatable bonds is 3. The van der Waals surface area contributed by atoms with E-state index in [1.807, 2.05) is 0 Å². The van der Waals surface area contributed by atoms with Gasteiger partial charge in [0.05, 0.1) is 0 Å². The summed E-state index contributed by atoms with van der Waals surface area (Å²) in [5, 5.41) is 9.37. The number of benzene rings is 5. The summed E-state index contributed by atoms with van der Waals surface area (Å²) < 4.78 is 0. The zero-order valence-electron chi connectivity index (χ0n) is 14.9. The minimum atomic E-state index is -0.562. The van der Waals surface area contributed by atoms with Gasteiger partial charge in [-0.15, -0.1) is 0 Å². The molecule has 5 aromatic rings. The maximum absolute atomic E-state index is 2.38. The summed E-state index contributed by atoms with van der Waals surface area (Å²) >= 11 is 0. The van der Waals surface area contributed by atoms with Crippen LogP contribution in [0.15, 0.2) is 115 Å². The first-order chi connectivity index (χ1) is 13.4. The molecule has 5 rings (SSSR count). The van der Waals surface area contributed by atoms with Gasteiger partial charge in [0.25, 0.3) is 0 Å². The molecular formula is C26H19P. The lowest BCUT2D eigenvalue weighted by atomic mass is 10.0. The Morgan fingerprint density at radius 3 is 1.41 bits per heavy atom. The smallest absolute Gasteiger partial charge is 0.0134 e. The van der Waals surface area contributed by atoms with Gasteiger partial charge in [-0.05, 0) is 63.6 Å². The molecule has 0 unspecified atom stereocenters. The van der Waals surface area contributed by atoms with Gasteiger partial charge >= 0.3 is 0 Å². The highest BCUT2D eigenvalue weighted by atomic mass is 31.1. The van der Waals surface area contributed by atoms with Crippen molar-refractivity contribution >= 4 is 45.4 Å². The standard InChI is InChI=1S/C26H19P/c1-3-11-24(12-4-1)27(25-13-5-2-6-14-25)26-16-15-22-17-20-9-7-8-10-21(20)18-23(22)19-26/h1-19H. The second kappa shape index (κ2) is 6.99. The highest BCUT2D eigenvalue weighted by Crippen LogP contribution is 2.34. The Labute approximate surface area is 160 Å². The lowest BCUT2D eigenvalue weighted by Crippen LogP contribution is -2.20. The molecule has 0 amide bonds. The van der Waals surface area contributed by atoms with Gasteiger partial charge < -0.3 is 0 Å². The molecule has 1 heteroatoms. The highest BCUT2D eigenvalue weighted by molar-refractivity contribution is 7.79. The maximum atomic E-state index is 2.38. The van der Waals surface area contributed by atoms with E-state index >= 15 is 0 Å². The van der Waals surface area contributed by atoms with Crippen molar-refractivity contribution in [2.24, 2.45) is 0 Å². The monoisotopic (exact) mass is 362 g/mol. The van der Waals surface area contributed by atoms with Crippen molar-refractivity contribution in [1.82, 2.24) is 0 Å². The predicted octanol–water partition coefficient (Wildman–Crippen LogP) is 5.75. The fourth-order valence-electron chi connectivity index (χ4n) is 3.67. The quantitative estimate of drug-likeness (QED) is 0.283. The van der Waals surface area contributed by atoms with Crippen molar-refractivity contribution in [1.29, 1.82) is 0 Å². The number of hydrogen-bond donors (Lipinski definition) is 0. The summed E-state index contributed by atoms with van der Waals surface area (Å²) in [4.78, 5) is 0. The molecule has 0 N–H and O–H groups in total. The molecule has 128 valence electrons. The molecular weight excluding hydrogens is 343 g/mol. The van der Waals surface area contributed by atoms with Crippen molar-refractivity contribution in [3.8, 4) is 0 Å². The van der Waals surface area contributed by atoms with Crippen LogP contribution in [0.4, 0.5) is 0 Å². The summed E-state index contributed by atoms with van der Waals surface area (Å²) in [6, 6.07) is 41.9. The Morgan fingerprint density at radius 2 is 0.815 bits per heavy atom. The number of fused-ring (bicyclic) bond motifs is 2. The van der Waals surface area contributed by atoms with Crippen LogP contribution in [-0.4, -0.2) is 0 Å². The van der Waals surface area contributed by atoms with Crippen LogP contribution in [0, 0.1) is 0 Å². The average Bonchev–Trinajstić information content (AvgIpc) is 2.74. The second-order valence-electron chi connectivity index (χ2n) is 6.74. The summed E-state index contributed by atoms with van der Waals surface area (Å²) in [5.41, 5.74) is 0. The molecule has 0 aliphatic rings. The maximum Gasteiger partial charge on any atom is -0.0134 e. The topological polar surface area (TPSA) is 0 Å². The third kappa shape index (κ3) is 3.14. The summed E-state index contributed by atoms with van der Waals surface area (Å²) in [6.45, 7) is 0. The molecule has 0 nitrogen and oxygen atoms in total. The Kier molecular flexibility index (Phi) is 4.20. The van der Waals surface area contributed by atoms with Crippen LogP contribution in [0.2, 0.25) is 0 Å². The zero-order chi connectivity index (χ0) is 18.1. The van der Waals surface area contributed by atoms with Crippen LogP contribution in [-0.2, 0) is 0 Å². The molecule has 0 radical (unpaired) electrons. The minimum Gasteiger partial charge on any atom is -0.0622 e. The van der Waals surface area contributed by atoms with Crippen LogP contribution < -0.4 is 15.9 Å². The molecule has 0 saturated heterocycles. The molecule has 27 heavy (non-hydrogen) atoms. The third-order valence-corrected chi connectivity index (χ3v) is 7.40. The van der Waals surface area contributed by atoms with Crippen LogP contribution in [0.25, 0.3) is 21.5 Å². The zero-order valence-corrected chi connectivity index (χ0v) is 15.8.